The Morgan fingerprint density at radius 1 is 1.38 bits per heavy atom. The van der Waals surface area contributed by atoms with Crippen LogP contribution >= 0.6 is 0 Å². The third kappa shape index (κ3) is 4.02. The van der Waals surface area contributed by atoms with Gasteiger partial charge in [0.25, 0.3) is 0 Å². The van der Waals surface area contributed by atoms with Crippen molar-refractivity contribution in [1.29, 1.82) is 0 Å². The predicted octanol–water partition coefficient (Wildman–Crippen LogP) is 1.57. The second-order valence-electron chi connectivity index (χ2n) is 6.62. The van der Waals surface area contributed by atoms with Crippen LogP contribution in [0.3, 0.4) is 0 Å². The summed E-state index contributed by atoms with van der Waals surface area (Å²) in [6, 6.07) is 0. The van der Waals surface area contributed by atoms with Gasteiger partial charge in [0.15, 0.2) is 5.65 Å². The summed E-state index contributed by atoms with van der Waals surface area (Å²) in [6.07, 6.45) is 6.64. The summed E-state index contributed by atoms with van der Waals surface area (Å²) in [7, 11) is 1.91. The van der Waals surface area contributed by atoms with Gasteiger partial charge < -0.3 is 15.3 Å². The zero-order valence-electron chi connectivity index (χ0n) is 14.7. The highest BCUT2D eigenvalue weighted by Gasteiger charge is 2.17. The quantitative estimate of drug-likeness (QED) is 0.750. The van der Waals surface area contributed by atoms with Gasteiger partial charge >= 0.3 is 0 Å². The third-order valence-electron chi connectivity index (χ3n) is 4.54. The van der Waals surface area contributed by atoms with Crippen molar-refractivity contribution in [3.05, 3.63) is 12.0 Å². The summed E-state index contributed by atoms with van der Waals surface area (Å²) in [5.74, 6) is 1.76. The smallest absolute Gasteiger partial charge is 0.163 e. The van der Waals surface area contributed by atoms with E-state index in [1.54, 1.807) is 4.68 Å². The van der Waals surface area contributed by atoms with E-state index >= 15 is 0 Å². The first kappa shape index (κ1) is 17.1. The van der Waals surface area contributed by atoms with E-state index in [4.69, 9.17) is 0 Å². The first-order valence-electron chi connectivity index (χ1n) is 9.00. The molecule has 0 aromatic carbocycles. The van der Waals surface area contributed by atoms with E-state index < -0.39 is 0 Å². The first-order valence-corrected chi connectivity index (χ1v) is 9.00. The summed E-state index contributed by atoms with van der Waals surface area (Å²) in [5, 5.41) is 18.5. The van der Waals surface area contributed by atoms with Crippen molar-refractivity contribution in [2.45, 2.75) is 45.1 Å². The van der Waals surface area contributed by atoms with Gasteiger partial charge in [-0.05, 0) is 38.8 Å². The zero-order chi connectivity index (χ0) is 16.9. The Bertz CT molecular complexity index is 670. The molecule has 7 nitrogen and oxygen atoms in total. The van der Waals surface area contributed by atoms with E-state index in [9.17, 15) is 5.11 Å². The molecule has 0 bridgehead atoms. The average molecular weight is 332 g/mol. The number of likely N-dealkylation sites (tertiary alicyclic amines) is 1. The Balaban J connectivity index is 1.60. The molecule has 2 aromatic heterocycles. The molecule has 0 radical (unpaired) electrons. The van der Waals surface area contributed by atoms with Crippen molar-refractivity contribution in [2.24, 2.45) is 7.05 Å². The number of fused-ring (bicyclic) bond motifs is 1. The lowest BCUT2D eigenvalue weighted by atomic mass is 10.1. The molecule has 24 heavy (non-hydrogen) atoms. The Morgan fingerprint density at radius 3 is 3.04 bits per heavy atom. The largest absolute Gasteiger partial charge is 0.392 e. The fraction of sp³-hybridized carbons (Fsp3) is 0.706. The van der Waals surface area contributed by atoms with Crippen molar-refractivity contribution in [3.63, 3.8) is 0 Å². The van der Waals surface area contributed by atoms with Crippen LogP contribution in [-0.2, 0) is 13.5 Å². The van der Waals surface area contributed by atoms with Crippen LogP contribution in [0.1, 0.15) is 38.4 Å². The number of piperidine rings is 1. The number of hydrogen-bond donors (Lipinski definition) is 2. The molecule has 1 aliphatic rings. The number of aryl methyl sites for hydroxylation is 2. The molecule has 1 atom stereocenters. The lowest BCUT2D eigenvalue weighted by molar-refractivity contribution is 0.0706. The van der Waals surface area contributed by atoms with Gasteiger partial charge in [-0.1, -0.05) is 6.92 Å². The minimum absolute atomic E-state index is 0.153. The molecule has 1 fully saturated rings. The van der Waals surface area contributed by atoms with Crippen molar-refractivity contribution < 1.29 is 5.11 Å². The summed E-state index contributed by atoms with van der Waals surface area (Å²) in [6.45, 7) is 5.91. The molecule has 0 aliphatic carbocycles. The fourth-order valence-electron chi connectivity index (χ4n) is 3.28. The molecule has 7 heteroatoms. The van der Waals surface area contributed by atoms with Gasteiger partial charge in [0.2, 0.25) is 0 Å². The van der Waals surface area contributed by atoms with E-state index in [2.05, 4.69) is 32.2 Å². The minimum atomic E-state index is -0.153. The molecular weight excluding hydrogens is 304 g/mol. The van der Waals surface area contributed by atoms with Crippen LogP contribution in [-0.4, -0.2) is 62.0 Å². The second kappa shape index (κ2) is 7.90. The Kier molecular flexibility index (Phi) is 5.63. The average Bonchev–Trinajstić information content (AvgIpc) is 2.93. The number of aliphatic hydroxyl groups excluding tert-OH is 1. The van der Waals surface area contributed by atoms with Crippen LogP contribution in [0.4, 0.5) is 5.82 Å². The van der Waals surface area contributed by atoms with E-state index in [1.807, 2.05) is 13.2 Å². The van der Waals surface area contributed by atoms with Crippen molar-refractivity contribution >= 4 is 16.9 Å². The maximum absolute atomic E-state index is 9.73. The topological polar surface area (TPSA) is 79.1 Å². The van der Waals surface area contributed by atoms with E-state index in [1.165, 1.54) is 0 Å². The number of rotatable bonds is 7. The summed E-state index contributed by atoms with van der Waals surface area (Å²) < 4.78 is 1.80. The summed E-state index contributed by atoms with van der Waals surface area (Å²) in [4.78, 5) is 11.6. The highest BCUT2D eigenvalue weighted by atomic mass is 16.3. The maximum atomic E-state index is 9.73. The highest BCUT2D eigenvalue weighted by Crippen LogP contribution is 2.20. The van der Waals surface area contributed by atoms with Crippen LogP contribution in [0.2, 0.25) is 0 Å². The van der Waals surface area contributed by atoms with Crippen molar-refractivity contribution in [1.82, 2.24) is 24.6 Å². The lowest BCUT2D eigenvalue weighted by Gasteiger charge is -2.29. The SMILES string of the molecule is CCCc1nc(NCCCN2CCCC(O)C2)c2cnn(C)c2n1. The van der Waals surface area contributed by atoms with Crippen molar-refractivity contribution in [3.8, 4) is 0 Å². The molecule has 0 saturated carbocycles. The van der Waals surface area contributed by atoms with Gasteiger partial charge in [-0.15, -0.1) is 0 Å². The molecular formula is C17H28N6O. The lowest BCUT2D eigenvalue weighted by Crippen LogP contribution is -2.39. The minimum Gasteiger partial charge on any atom is -0.392 e. The molecule has 132 valence electrons. The van der Waals surface area contributed by atoms with Gasteiger partial charge in [-0.2, -0.15) is 5.10 Å². The molecule has 0 amide bonds. The monoisotopic (exact) mass is 332 g/mol. The van der Waals surface area contributed by atoms with Gasteiger partial charge in [-0.3, -0.25) is 4.68 Å². The normalized spacial score (nSPS) is 19.0. The number of nitrogens with one attached hydrogen (secondary N) is 1. The second-order valence-corrected chi connectivity index (χ2v) is 6.62. The third-order valence-corrected chi connectivity index (χ3v) is 4.54. The van der Waals surface area contributed by atoms with Crippen LogP contribution in [0.15, 0.2) is 6.20 Å². The summed E-state index contributed by atoms with van der Waals surface area (Å²) >= 11 is 0. The Labute approximate surface area is 143 Å². The van der Waals surface area contributed by atoms with Crippen LogP contribution in [0, 0.1) is 0 Å². The first-order chi connectivity index (χ1) is 11.7. The van der Waals surface area contributed by atoms with Gasteiger partial charge in [-0.25, -0.2) is 9.97 Å². The molecule has 3 rings (SSSR count). The van der Waals surface area contributed by atoms with Gasteiger partial charge in [0.1, 0.15) is 11.6 Å². The van der Waals surface area contributed by atoms with Crippen LogP contribution in [0.5, 0.6) is 0 Å². The summed E-state index contributed by atoms with van der Waals surface area (Å²) in [5.41, 5.74) is 0.884. The molecule has 2 aromatic rings. The number of aromatic nitrogens is 4. The Hall–Kier alpha value is -1.73. The number of β-amino-alcohol motifs (C(OH)–C–C–N with tert-alkyl or cyclic N) is 1. The predicted molar refractivity (Wildman–Crippen MR) is 95.1 cm³/mol. The van der Waals surface area contributed by atoms with Gasteiger partial charge in [0, 0.05) is 26.6 Å². The highest BCUT2D eigenvalue weighted by molar-refractivity contribution is 5.86. The molecule has 1 aliphatic heterocycles. The molecule has 2 N–H and O–H groups in total. The van der Waals surface area contributed by atoms with E-state index in [0.717, 1.165) is 81.0 Å². The fourth-order valence-corrected chi connectivity index (χ4v) is 3.28. The number of aliphatic hydroxyl groups is 1. The molecule has 3 heterocycles. The van der Waals surface area contributed by atoms with Crippen LogP contribution in [0.25, 0.3) is 11.0 Å². The number of hydrogen-bond acceptors (Lipinski definition) is 6. The maximum Gasteiger partial charge on any atom is 0.163 e. The van der Waals surface area contributed by atoms with E-state index in [0.29, 0.717) is 0 Å². The molecule has 1 saturated heterocycles. The van der Waals surface area contributed by atoms with Gasteiger partial charge in [0.05, 0.1) is 17.7 Å². The van der Waals surface area contributed by atoms with Crippen LogP contribution < -0.4 is 5.32 Å². The number of nitrogens with zero attached hydrogens (tertiary/aromatic N) is 5. The molecule has 0 spiro atoms. The Morgan fingerprint density at radius 2 is 2.25 bits per heavy atom. The van der Waals surface area contributed by atoms with E-state index in [-0.39, 0.29) is 6.10 Å². The number of anilines is 1. The van der Waals surface area contributed by atoms with Crippen molar-refractivity contribution in [2.75, 3.05) is 31.5 Å². The standard InChI is InChI=1S/C17H28N6O/c1-3-6-15-20-16(14-11-19-22(2)17(14)21-15)18-8-5-10-23-9-4-7-13(24)12-23/h11,13,24H,3-10,12H2,1-2H3,(H,18,20,21). The zero-order valence-corrected chi connectivity index (χ0v) is 14.7. The molecule has 1 unspecified atom stereocenters.